The number of likely N-dealkylation sites (N-methyl/N-ethyl adjacent to an activating group) is 1. The number of amides is 1. The molecule has 186 valence electrons. The first-order valence-corrected chi connectivity index (χ1v) is 13.3. The van der Waals surface area contributed by atoms with Crippen LogP contribution < -0.4 is 0 Å². The van der Waals surface area contributed by atoms with Crippen LogP contribution in [0.1, 0.15) is 49.7 Å². The molecule has 1 saturated carbocycles. The number of nitrogens with zero attached hydrogens (tertiary/aromatic N) is 2. The van der Waals surface area contributed by atoms with E-state index in [1.165, 1.54) is 16.5 Å². The highest BCUT2D eigenvalue weighted by molar-refractivity contribution is 5.87. The highest BCUT2D eigenvalue weighted by atomic mass is 16.3. The minimum Gasteiger partial charge on any atom is -0.375 e. The van der Waals surface area contributed by atoms with Gasteiger partial charge in [-0.25, -0.2) is 0 Å². The summed E-state index contributed by atoms with van der Waals surface area (Å²) in [5.74, 6) is -0.0725. The average Bonchev–Trinajstić information content (AvgIpc) is 3.58. The predicted octanol–water partition coefficient (Wildman–Crippen LogP) is 4.86. The summed E-state index contributed by atoms with van der Waals surface area (Å²) in [6.07, 6.45) is 9.17. The SMILES string of the molecule is C[N+](C)(CCc1c[nH]c2ccccc12)C1CCN(C(=O)C(O)(c2ccccc2)C2CCCC2)CC1. The molecule has 5 nitrogen and oxygen atoms in total. The maximum Gasteiger partial charge on any atom is 0.259 e. The molecule has 0 radical (unpaired) electrons. The van der Waals surface area contributed by atoms with Crippen LogP contribution in [0.25, 0.3) is 10.9 Å². The van der Waals surface area contributed by atoms with Crippen LogP contribution in [0.3, 0.4) is 0 Å². The lowest BCUT2D eigenvalue weighted by Crippen LogP contribution is -2.58. The molecule has 0 spiro atoms. The number of H-pyrrole nitrogens is 1. The van der Waals surface area contributed by atoms with Gasteiger partial charge in [0.15, 0.2) is 5.60 Å². The normalized spacial score (nSPS) is 19.8. The van der Waals surface area contributed by atoms with Crippen molar-refractivity contribution in [1.82, 2.24) is 9.88 Å². The minimum absolute atomic E-state index is 0.0125. The van der Waals surface area contributed by atoms with Crippen LogP contribution in [0.2, 0.25) is 0 Å². The highest BCUT2D eigenvalue weighted by Gasteiger charge is 2.49. The number of carbonyl (C=O) groups is 1. The molecule has 1 aromatic heterocycles. The Morgan fingerprint density at radius 1 is 1.00 bits per heavy atom. The van der Waals surface area contributed by atoms with Crippen molar-refractivity contribution < 1.29 is 14.4 Å². The van der Waals surface area contributed by atoms with Gasteiger partial charge >= 0.3 is 0 Å². The second-order valence-corrected chi connectivity index (χ2v) is 11.2. The maximum absolute atomic E-state index is 13.8. The van der Waals surface area contributed by atoms with Crippen molar-refractivity contribution in [2.45, 2.75) is 56.6 Å². The van der Waals surface area contributed by atoms with E-state index in [1.54, 1.807) is 0 Å². The molecule has 5 rings (SSSR count). The monoisotopic (exact) mass is 474 g/mol. The summed E-state index contributed by atoms with van der Waals surface area (Å²) in [6.45, 7) is 2.51. The number of para-hydroxylation sites is 1. The molecular formula is C30H40N3O2+. The van der Waals surface area contributed by atoms with Gasteiger partial charge in [0.2, 0.25) is 0 Å². The fourth-order valence-corrected chi connectivity index (χ4v) is 6.51. The van der Waals surface area contributed by atoms with Crippen molar-refractivity contribution in [1.29, 1.82) is 0 Å². The average molecular weight is 475 g/mol. The Labute approximate surface area is 209 Å². The van der Waals surface area contributed by atoms with E-state index >= 15 is 0 Å². The van der Waals surface area contributed by atoms with Gasteiger partial charge in [0.25, 0.3) is 5.91 Å². The molecule has 1 atom stereocenters. The lowest BCUT2D eigenvalue weighted by atomic mass is 9.78. The van der Waals surface area contributed by atoms with Gasteiger partial charge in [-0.3, -0.25) is 4.79 Å². The molecule has 1 aliphatic heterocycles. The number of aliphatic hydroxyl groups is 1. The lowest BCUT2D eigenvalue weighted by Gasteiger charge is -2.45. The number of quaternary nitrogens is 1. The Balaban J connectivity index is 1.24. The molecule has 1 amide bonds. The summed E-state index contributed by atoms with van der Waals surface area (Å²) >= 11 is 0. The Bertz CT molecular complexity index is 1140. The van der Waals surface area contributed by atoms with Crippen molar-refractivity contribution in [2.75, 3.05) is 33.7 Å². The largest absolute Gasteiger partial charge is 0.375 e. The number of fused-ring (bicyclic) bond motifs is 1. The van der Waals surface area contributed by atoms with Crippen LogP contribution in [-0.4, -0.2) is 65.2 Å². The number of nitrogens with one attached hydrogen (secondary N) is 1. The number of hydrogen-bond acceptors (Lipinski definition) is 2. The first kappa shape index (κ1) is 24.1. The van der Waals surface area contributed by atoms with E-state index in [-0.39, 0.29) is 11.8 Å². The Hall–Kier alpha value is -2.63. The van der Waals surface area contributed by atoms with Crippen LogP contribution in [0.5, 0.6) is 0 Å². The first-order valence-electron chi connectivity index (χ1n) is 13.3. The van der Waals surface area contributed by atoms with E-state index in [2.05, 4.69) is 49.5 Å². The smallest absolute Gasteiger partial charge is 0.259 e. The lowest BCUT2D eigenvalue weighted by molar-refractivity contribution is -0.916. The summed E-state index contributed by atoms with van der Waals surface area (Å²) in [5.41, 5.74) is 1.94. The number of hydrogen-bond donors (Lipinski definition) is 2. The first-order chi connectivity index (χ1) is 16.9. The molecule has 2 fully saturated rings. The van der Waals surface area contributed by atoms with E-state index in [0.717, 1.165) is 74.6 Å². The summed E-state index contributed by atoms with van der Waals surface area (Å²) in [6, 6.07) is 18.7. The third-order valence-electron chi connectivity index (χ3n) is 8.86. The van der Waals surface area contributed by atoms with Crippen LogP contribution >= 0.6 is 0 Å². The molecule has 35 heavy (non-hydrogen) atoms. The summed E-state index contributed by atoms with van der Waals surface area (Å²) < 4.78 is 0.952. The van der Waals surface area contributed by atoms with Crippen molar-refractivity contribution in [3.63, 3.8) is 0 Å². The van der Waals surface area contributed by atoms with Crippen LogP contribution in [0.15, 0.2) is 60.8 Å². The van der Waals surface area contributed by atoms with Crippen LogP contribution in [0, 0.1) is 5.92 Å². The second-order valence-electron chi connectivity index (χ2n) is 11.2. The zero-order valence-corrected chi connectivity index (χ0v) is 21.2. The second kappa shape index (κ2) is 9.79. The quantitative estimate of drug-likeness (QED) is 0.481. The molecule has 1 unspecified atom stereocenters. The van der Waals surface area contributed by atoms with Gasteiger partial charge in [0.1, 0.15) is 0 Å². The summed E-state index contributed by atoms with van der Waals surface area (Å²) in [4.78, 5) is 19.2. The molecule has 2 N–H and O–H groups in total. The van der Waals surface area contributed by atoms with E-state index in [1.807, 2.05) is 35.2 Å². The molecule has 1 aliphatic carbocycles. The van der Waals surface area contributed by atoms with Gasteiger partial charge in [-0.05, 0) is 30.0 Å². The number of aromatic amines is 1. The van der Waals surface area contributed by atoms with Gasteiger partial charge in [-0.15, -0.1) is 0 Å². The van der Waals surface area contributed by atoms with E-state index < -0.39 is 5.60 Å². The highest BCUT2D eigenvalue weighted by Crippen LogP contribution is 2.42. The fraction of sp³-hybridized carbons (Fsp3) is 0.500. The number of piperidine rings is 1. The Kier molecular flexibility index (Phi) is 6.73. The van der Waals surface area contributed by atoms with Gasteiger partial charge in [0.05, 0.1) is 26.7 Å². The van der Waals surface area contributed by atoms with Gasteiger partial charge in [-0.2, -0.15) is 0 Å². The molecule has 0 bridgehead atoms. The van der Waals surface area contributed by atoms with Crippen molar-refractivity contribution in [3.05, 3.63) is 71.9 Å². The molecule has 3 aromatic rings. The molecule has 2 aliphatic rings. The van der Waals surface area contributed by atoms with Crippen molar-refractivity contribution in [3.8, 4) is 0 Å². The van der Waals surface area contributed by atoms with Crippen LogP contribution in [0.4, 0.5) is 0 Å². The zero-order chi connectivity index (χ0) is 24.5. The van der Waals surface area contributed by atoms with Crippen molar-refractivity contribution in [2.24, 2.45) is 5.92 Å². The third kappa shape index (κ3) is 4.64. The fourth-order valence-electron chi connectivity index (χ4n) is 6.51. The van der Waals surface area contributed by atoms with Crippen LogP contribution in [-0.2, 0) is 16.8 Å². The predicted molar refractivity (Wildman–Crippen MR) is 141 cm³/mol. The third-order valence-corrected chi connectivity index (χ3v) is 8.86. The van der Waals surface area contributed by atoms with E-state index in [4.69, 9.17) is 0 Å². The topological polar surface area (TPSA) is 56.3 Å². The molecule has 5 heteroatoms. The molecule has 2 heterocycles. The molecule has 2 aromatic carbocycles. The Morgan fingerprint density at radius 3 is 2.37 bits per heavy atom. The molecular weight excluding hydrogens is 434 g/mol. The van der Waals surface area contributed by atoms with Gasteiger partial charge in [0, 0.05) is 55.4 Å². The van der Waals surface area contributed by atoms with E-state index in [9.17, 15) is 9.90 Å². The number of aromatic nitrogens is 1. The standard InChI is InChI=1S/C30H40N3O2/c1-33(2,21-18-23-22-31-28-15-9-8-14-27(23)28)26-16-19-32(20-17-26)29(34)30(35,25-12-6-7-13-25)24-10-4-3-5-11-24/h3-5,8-11,14-15,22,25-26,31,35H,6-7,12-13,16-21H2,1-2H3/q+1. The maximum atomic E-state index is 13.8. The summed E-state index contributed by atoms with van der Waals surface area (Å²) in [7, 11) is 4.66. The number of carbonyl (C=O) groups excluding carboxylic acids is 1. The summed E-state index contributed by atoms with van der Waals surface area (Å²) in [5, 5.41) is 13.2. The van der Waals surface area contributed by atoms with E-state index in [0.29, 0.717) is 6.04 Å². The Morgan fingerprint density at radius 2 is 1.66 bits per heavy atom. The number of benzene rings is 2. The van der Waals surface area contributed by atoms with Gasteiger partial charge < -0.3 is 19.5 Å². The number of rotatable bonds is 7. The van der Waals surface area contributed by atoms with Crippen molar-refractivity contribution >= 4 is 16.8 Å². The minimum atomic E-state index is -1.40. The molecule has 1 saturated heterocycles. The zero-order valence-electron chi connectivity index (χ0n) is 21.2. The van der Waals surface area contributed by atoms with Gasteiger partial charge in [-0.1, -0.05) is 61.4 Å². The number of likely N-dealkylation sites (tertiary alicyclic amines) is 1.